The van der Waals surface area contributed by atoms with Gasteiger partial charge in [0.15, 0.2) is 0 Å². The second-order valence-corrected chi connectivity index (χ2v) is 9.89. The standard InChI is InChI=1S/C21H46O3Si/c1-5-9-13-14-15-16-17-21-25(22-18-10-6-2,23-19-11-7-3)24-20-12-8-4/h5-21H2,1-4H3. The summed E-state index contributed by atoms with van der Waals surface area (Å²) in [5.41, 5.74) is 0. The fourth-order valence-corrected chi connectivity index (χ4v) is 5.49. The van der Waals surface area contributed by atoms with Gasteiger partial charge in [0.1, 0.15) is 0 Å². The van der Waals surface area contributed by atoms with Crippen LogP contribution in [-0.4, -0.2) is 28.6 Å². The van der Waals surface area contributed by atoms with E-state index in [-0.39, 0.29) is 0 Å². The lowest BCUT2D eigenvalue weighted by molar-refractivity contribution is 0.0557. The van der Waals surface area contributed by atoms with E-state index >= 15 is 0 Å². The van der Waals surface area contributed by atoms with E-state index in [1.54, 1.807) is 0 Å². The molecule has 0 heterocycles. The second-order valence-electron chi connectivity index (χ2n) is 7.16. The van der Waals surface area contributed by atoms with Crippen molar-refractivity contribution in [1.29, 1.82) is 0 Å². The fourth-order valence-electron chi connectivity index (χ4n) is 2.76. The van der Waals surface area contributed by atoms with Crippen molar-refractivity contribution in [2.24, 2.45) is 0 Å². The van der Waals surface area contributed by atoms with Crippen LogP contribution in [0.3, 0.4) is 0 Å². The van der Waals surface area contributed by atoms with Crippen LogP contribution in [0.4, 0.5) is 0 Å². The van der Waals surface area contributed by atoms with Crippen LogP contribution >= 0.6 is 0 Å². The Balaban J connectivity index is 4.43. The topological polar surface area (TPSA) is 27.7 Å². The maximum atomic E-state index is 6.30. The molecule has 3 nitrogen and oxygen atoms in total. The normalized spacial score (nSPS) is 12.0. The fraction of sp³-hybridized carbons (Fsp3) is 1.00. The van der Waals surface area contributed by atoms with Gasteiger partial charge in [0.2, 0.25) is 0 Å². The first-order valence-corrected chi connectivity index (χ1v) is 13.1. The van der Waals surface area contributed by atoms with Crippen LogP contribution in [0, 0.1) is 0 Å². The summed E-state index contributed by atoms with van der Waals surface area (Å²) in [4.78, 5) is 0. The quantitative estimate of drug-likeness (QED) is 0.168. The Morgan fingerprint density at radius 3 is 1.20 bits per heavy atom. The van der Waals surface area contributed by atoms with Crippen LogP contribution in [0.5, 0.6) is 0 Å². The lowest BCUT2D eigenvalue weighted by atomic mass is 10.1. The molecule has 0 rings (SSSR count). The van der Waals surface area contributed by atoms with Gasteiger partial charge in [-0.05, 0) is 25.7 Å². The van der Waals surface area contributed by atoms with Gasteiger partial charge in [-0.2, -0.15) is 0 Å². The van der Waals surface area contributed by atoms with E-state index in [2.05, 4.69) is 27.7 Å². The Bertz CT molecular complexity index is 235. The Labute approximate surface area is 159 Å². The van der Waals surface area contributed by atoms with E-state index in [4.69, 9.17) is 13.3 Å². The molecule has 0 aromatic heterocycles. The molecule has 0 radical (unpaired) electrons. The molecule has 0 spiro atoms. The van der Waals surface area contributed by atoms with E-state index in [0.717, 1.165) is 64.4 Å². The average molecular weight is 375 g/mol. The van der Waals surface area contributed by atoms with Crippen molar-refractivity contribution in [3.63, 3.8) is 0 Å². The minimum atomic E-state index is -2.48. The molecule has 0 aliphatic heterocycles. The van der Waals surface area contributed by atoms with E-state index < -0.39 is 8.80 Å². The summed E-state index contributed by atoms with van der Waals surface area (Å²) in [7, 11) is -2.48. The van der Waals surface area contributed by atoms with Crippen LogP contribution in [-0.2, 0) is 13.3 Å². The molecule has 0 unspecified atom stereocenters. The number of rotatable bonds is 20. The second kappa shape index (κ2) is 18.9. The van der Waals surface area contributed by atoms with E-state index in [1.165, 1.54) is 44.9 Å². The maximum absolute atomic E-state index is 6.30. The van der Waals surface area contributed by atoms with Gasteiger partial charge in [-0.3, -0.25) is 0 Å². The SMILES string of the molecule is CCCCCCCCC[Si](OCCCC)(OCCCC)OCCCC. The predicted octanol–water partition coefficient (Wildman–Crippen LogP) is 7.13. The van der Waals surface area contributed by atoms with Crippen LogP contribution < -0.4 is 0 Å². The van der Waals surface area contributed by atoms with Gasteiger partial charge in [-0.25, -0.2) is 0 Å². The Hall–Kier alpha value is 0.0969. The van der Waals surface area contributed by atoms with Gasteiger partial charge in [0.25, 0.3) is 0 Å². The summed E-state index contributed by atoms with van der Waals surface area (Å²) in [6.07, 6.45) is 16.0. The molecule has 0 aliphatic carbocycles. The molecule has 152 valence electrons. The molecular weight excluding hydrogens is 328 g/mol. The Morgan fingerprint density at radius 1 is 0.440 bits per heavy atom. The predicted molar refractivity (Wildman–Crippen MR) is 111 cm³/mol. The van der Waals surface area contributed by atoms with Gasteiger partial charge < -0.3 is 13.3 Å². The molecule has 0 N–H and O–H groups in total. The molecule has 0 aromatic carbocycles. The lowest BCUT2D eigenvalue weighted by Crippen LogP contribution is -2.46. The molecule has 0 saturated heterocycles. The number of hydrogen-bond donors (Lipinski definition) is 0. The summed E-state index contributed by atoms with van der Waals surface area (Å²) < 4.78 is 18.9. The van der Waals surface area contributed by atoms with Crippen molar-refractivity contribution in [2.45, 2.75) is 117 Å². The third kappa shape index (κ3) is 14.9. The molecule has 0 bridgehead atoms. The third-order valence-corrected chi connectivity index (χ3v) is 7.44. The monoisotopic (exact) mass is 374 g/mol. The summed E-state index contributed by atoms with van der Waals surface area (Å²) in [5.74, 6) is 0. The van der Waals surface area contributed by atoms with Crippen molar-refractivity contribution < 1.29 is 13.3 Å². The first-order chi connectivity index (χ1) is 12.2. The van der Waals surface area contributed by atoms with Crippen LogP contribution in [0.25, 0.3) is 0 Å². The number of hydrogen-bond acceptors (Lipinski definition) is 3. The first kappa shape index (κ1) is 25.1. The third-order valence-electron chi connectivity index (χ3n) is 4.55. The summed E-state index contributed by atoms with van der Waals surface area (Å²) >= 11 is 0. The zero-order chi connectivity index (χ0) is 18.6. The molecule has 0 atom stereocenters. The molecular formula is C21H46O3Si. The van der Waals surface area contributed by atoms with Crippen LogP contribution in [0.2, 0.25) is 6.04 Å². The summed E-state index contributed by atoms with van der Waals surface area (Å²) in [6, 6.07) is 0.998. The van der Waals surface area contributed by atoms with Gasteiger partial charge in [0, 0.05) is 25.9 Å². The average Bonchev–Trinajstić information content (AvgIpc) is 2.61. The molecule has 25 heavy (non-hydrogen) atoms. The van der Waals surface area contributed by atoms with Crippen molar-refractivity contribution in [3.8, 4) is 0 Å². The largest absolute Gasteiger partial charge is 0.500 e. The zero-order valence-electron chi connectivity index (χ0n) is 17.7. The number of unbranched alkanes of at least 4 members (excludes halogenated alkanes) is 9. The molecule has 0 aliphatic rings. The maximum Gasteiger partial charge on any atom is 0.500 e. The minimum Gasteiger partial charge on any atom is -0.373 e. The summed E-state index contributed by atoms with van der Waals surface area (Å²) in [6.45, 7) is 11.3. The van der Waals surface area contributed by atoms with E-state index in [9.17, 15) is 0 Å². The Morgan fingerprint density at radius 2 is 0.800 bits per heavy atom. The van der Waals surface area contributed by atoms with Gasteiger partial charge in [-0.1, -0.05) is 85.5 Å². The molecule has 0 amide bonds. The van der Waals surface area contributed by atoms with Crippen LogP contribution in [0.15, 0.2) is 0 Å². The van der Waals surface area contributed by atoms with Gasteiger partial charge in [0.05, 0.1) is 0 Å². The van der Waals surface area contributed by atoms with Crippen molar-refractivity contribution in [3.05, 3.63) is 0 Å². The van der Waals surface area contributed by atoms with Crippen molar-refractivity contribution in [2.75, 3.05) is 19.8 Å². The minimum absolute atomic E-state index is 0.789. The highest BCUT2D eigenvalue weighted by Crippen LogP contribution is 2.22. The smallest absolute Gasteiger partial charge is 0.373 e. The van der Waals surface area contributed by atoms with E-state index in [0.29, 0.717) is 0 Å². The van der Waals surface area contributed by atoms with Crippen molar-refractivity contribution >= 4 is 8.80 Å². The lowest BCUT2D eigenvalue weighted by Gasteiger charge is -2.30. The highest BCUT2D eigenvalue weighted by molar-refractivity contribution is 6.60. The first-order valence-electron chi connectivity index (χ1n) is 11.2. The molecule has 4 heteroatoms. The molecule has 0 saturated carbocycles. The molecule has 0 fully saturated rings. The summed E-state index contributed by atoms with van der Waals surface area (Å²) in [5, 5.41) is 0. The highest BCUT2D eigenvalue weighted by Gasteiger charge is 2.40. The Kier molecular flexibility index (Phi) is 18.9. The van der Waals surface area contributed by atoms with E-state index in [1.807, 2.05) is 0 Å². The van der Waals surface area contributed by atoms with Crippen molar-refractivity contribution in [1.82, 2.24) is 0 Å². The van der Waals surface area contributed by atoms with Crippen LogP contribution in [0.1, 0.15) is 111 Å². The zero-order valence-corrected chi connectivity index (χ0v) is 18.7. The van der Waals surface area contributed by atoms with Gasteiger partial charge in [-0.15, -0.1) is 0 Å². The molecule has 0 aromatic rings. The highest BCUT2D eigenvalue weighted by atomic mass is 28.4. The van der Waals surface area contributed by atoms with Gasteiger partial charge >= 0.3 is 8.80 Å².